The molecule has 1 saturated heterocycles. The van der Waals surface area contributed by atoms with Crippen molar-refractivity contribution in [3.8, 4) is 5.75 Å². The largest absolute Gasteiger partial charge is 0.492 e. The highest BCUT2D eigenvalue weighted by atomic mass is 32.1. The summed E-state index contributed by atoms with van der Waals surface area (Å²) >= 11 is 1.70. The van der Waals surface area contributed by atoms with Crippen LogP contribution in [0.1, 0.15) is 6.92 Å². The Bertz CT molecular complexity index is 910. The minimum atomic E-state index is -0.179. The Morgan fingerprint density at radius 2 is 1.96 bits per heavy atom. The molecule has 2 aromatic heterocycles. The molecule has 3 aromatic rings. The van der Waals surface area contributed by atoms with E-state index in [2.05, 4.69) is 26.1 Å². The van der Waals surface area contributed by atoms with E-state index in [4.69, 9.17) is 9.72 Å². The minimum absolute atomic E-state index is 0.179. The molecule has 1 aliphatic rings. The number of piperazine rings is 1. The summed E-state index contributed by atoms with van der Waals surface area (Å²) in [4.78, 5) is 20.4. The van der Waals surface area contributed by atoms with Gasteiger partial charge in [-0.3, -0.25) is 4.79 Å². The summed E-state index contributed by atoms with van der Waals surface area (Å²) in [5.41, 5.74) is 0.760. The van der Waals surface area contributed by atoms with Gasteiger partial charge in [0.2, 0.25) is 0 Å². The van der Waals surface area contributed by atoms with Gasteiger partial charge in [-0.05, 0) is 25.1 Å². The molecular weight excluding hydrogens is 338 g/mol. The zero-order chi connectivity index (χ0) is 17.2. The van der Waals surface area contributed by atoms with Crippen LogP contribution in [-0.2, 0) is 0 Å². The molecule has 1 aromatic carbocycles. The number of nitrogens with zero attached hydrogens (tertiary/aromatic N) is 4. The maximum Gasteiger partial charge on any atom is 0.264 e. The lowest BCUT2D eigenvalue weighted by atomic mass is 10.3. The number of ether oxygens (including phenoxy) is 1. The smallest absolute Gasteiger partial charge is 0.264 e. The van der Waals surface area contributed by atoms with E-state index in [1.54, 1.807) is 17.4 Å². The van der Waals surface area contributed by atoms with Crippen LogP contribution in [0.15, 0.2) is 35.1 Å². The number of anilines is 2. The van der Waals surface area contributed by atoms with Crippen molar-refractivity contribution in [1.29, 1.82) is 0 Å². The molecule has 1 N–H and O–H groups in total. The Kier molecular flexibility index (Phi) is 4.27. The fourth-order valence-corrected chi connectivity index (χ4v) is 3.99. The van der Waals surface area contributed by atoms with Crippen LogP contribution in [-0.4, -0.2) is 48.0 Å². The highest BCUT2D eigenvalue weighted by molar-refractivity contribution is 7.22. The first kappa shape index (κ1) is 15.9. The molecule has 7 nitrogen and oxygen atoms in total. The van der Waals surface area contributed by atoms with Crippen LogP contribution in [0.2, 0.25) is 0 Å². The van der Waals surface area contributed by atoms with Crippen LogP contribution in [0.4, 0.5) is 10.9 Å². The number of nitrogens with one attached hydrogen (secondary N) is 1. The molecule has 0 amide bonds. The van der Waals surface area contributed by atoms with Crippen LogP contribution in [0.5, 0.6) is 5.75 Å². The van der Waals surface area contributed by atoms with Gasteiger partial charge in [0.25, 0.3) is 5.56 Å². The number of hydrogen-bond acceptors (Lipinski definition) is 7. The van der Waals surface area contributed by atoms with Gasteiger partial charge in [0.05, 0.1) is 11.3 Å². The van der Waals surface area contributed by atoms with Crippen molar-refractivity contribution in [1.82, 2.24) is 15.2 Å². The zero-order valence-electron chi connectivity index (χ0n) is 13.9. The molecule has 0 aliphatic carbocycles. The average molecular weight is 357 g/mol. The van der Waals surface area contributed by atoms with Gasteiger partial charge in [0, 0.05) is 32.2 Å². The summed E-state index contributed by atoms with van der Waals surface area (Å²) < 4.78 is 6.83. The number of hydrogen-bond donors (Lipinski definition) is 1. The first-order chi connectivity index (χ1) is 12.2. The number of rotatable bonds is 4. The van der Waals surface area contributed by atoms with Crippen LogP contribution < -0.4 is 20.1 Å². The van der Waals surface area contributed by atoms with Gasteiger partial charge >= 0.3 is 0 Å². The highest BCUT2D eigenvalue weighted by Crippen LogP contribution is 2.34. The van der Waals surface area contributed by atoms with E-state index < -0.39 is 0 Å². The molecule has 0 radical (unpaired) electrons. The predicted octanol–water partition coefficient (Wildman–Crippen LogP) is 2.10. The molecule has 0 atom stereocenters. The molecule has 25 heavy (non-hydrogen) atoms. The SMILES string of the molecule is CCOc1cccc2sc(N3CCN(c4ccc(=O)[nH]n4)CC3)nc12. The monoisotopic (exact) mass is 357 g/mol. The second-order valence-electron chi connectivity index (χ2n) is 5.79. The molecule has 8 heteroatoms. The van der Waals surface area contributed by atoms with Gasteiger partial charge in [-0.15, -0.1) is 0 Å². The first-order valence-electron chi connectivity index (χ1n) is 8.32. The average Bonchev–Trinajstić information content (AvgIpc) is 3.08. The van der Waals surface area contributed by atoms with Gasteiger partial charge in [-0.1, -0.05) is 17.4 Å². The Labute approximate surface area is 148 Å². The number of para-hydroxylation sites is 1. The minimum Gasteiger partial charge on any atom is -0.492 e. The number of aromatic amines is 1. The Morgan fingerprint density at radius 3 is 2.68 bits per heavy atom. The lowest BCUT2D eigenvalue weighted by Crippen LogP contribution is -2.47. The van der Waals surface area contributed by atoms with Gasteiger partial charge in [-0.2, -0.15) is 5.10 Å². The van der Waals surface area contributed by atoms with Crippen LogP contribution in [0.3, 0.4) is 0 Å². The quantitative estimate of drug-likeness (QED) is 0.771. The van der Waals surface area contributed by atoms with E-state index in [0.717, 1.165) is 53.1 Å². The van der Waals surface area contributed by atoms with Crippen molar-refractivity contribution < 1.29 is 4.74 Å². The van der Waals surface area contributed by atoms with Crippen LogP contribution in [0, 0.1) is 0 Å². The van der Waals surface area contributed by atoms with Crippen molar-refractivity contribution in [2.75, 3.05) is 42.6 Å². The molecule has 0 saturated carbocycles. The van der Waals surface area contributed by atoms with Gasteiger partial charge in [-0.25, -0.2) is 10.1 Å². The van der Waals surface area contributed by atoms with Crippen LogP contribution >= 0.6 is 11.3 Å². The summed E-state index contributed by atoms with van der Waals surface area (Å²) in [5, 5.41) is 7.62. The summed E-state index contributed by atoms with van der Waals surface area (Å²) in [6, 6.07) is 9.34. The third-order valence-corrected chi connectivity index (χ3v) is 5.29. The number of benzene rings is 1. The summed E-state index contributed by atoms with van der Waals surface area (Å²) in [5.74, 6) is 1.65. The van der Waals surface area contributed by atoms with Gasteiger partial charge in [0.15, 0.2) is 5.13 Å². The fourth-order valence-electron chi connectivity index (χ4n) is 2.96. The van der Waals surface area contributed by atoms with E-state index in [-0.39, 0.29) is 5.56 Å². The summed E-state index contributed by atoms with van der Waals surface area (Å²) in [6.07, 6.45) is 0. The second-order valence-corrected chi connectivity index (χ2v) is 6.79. The van der Waals surface area contributed by atoms with Gasteiger partial charge in [0.1, 0.15) is 17.1 Å². The van der Waals surface area contributed by atoms with Crippen molar-refractivity contribution in [3.05, 3.63) is 40.7 Å². The Balaban J connectivity index is 1.50. The van der Waals surface area contributed by atoms with Gasteiger partial charge < -0.3 is 14.5 Å². The normalized spacial score (nSPS) is 14.9. The number of thiazole rings is 1. The Hall–Kier alpha value is -2.61. The van der Waals surface area contributed by atoms with E-state index in [1.165, 1.54) is 6.07 Å². The highest BCUT2D eigenvalue weighted by Gasteiger charge is 2.21. The predicted molar refractivity (Wildman–Crippen MR) is 100 cm³/mol. The van der Waals surface area contributed by atoms with Crippen molar-refractivity contribution in [3.63, 3.8) is 0 Å². The van der Waals surface area contributed by atoms with Crippen molar-refractivity contribution in [2.24, 2.45) is 0 Å². The second kappa shape index (κ2) is 6.72. The molecule has 4 rings (SSSR count). The maximum atomic E-state index is 11.1. The summed E-state index contributed by atoms with van der Waals surface area (Å²) in [6.45, 7) is 6.03. The summed E-state index contributed by atoms with van der Waals surface area (Å²) in [7, 11) is 0. The molecule has 3 heterocycles. The topological polar surface area (TPSA) is 74.3 Å². The van der Waals surface area contributed by atoms with E-state index in [9.17, 15) is 4.79 Å². The molecule has 0 bridgehead atoms. The maximum absolute atomic E-state index is 11.1. The molecule has 1 aliphatic heterocycles. The number of H-pyrrole nitrogens is 1. The van der Waals surface area contributed by atoms with Crippen LogP contribution in [0.25, 0.3) is 10.2 Å². The third kappa shape index (κ3) is 3.17. The lowest BCUT2D eigenvalue weighted by molar-refractivity contribution is 0.344. The van der Waals surface area contributed by atoms with Crippen molar-refractivity contribution in [2.45, 2.75) is 6.92 Å². The van der Waals surface area contributed by atoms with E-state index in [0.29, 0.717) is 6.61 Å². The molecular formula is C17H19N5O2S. The molecule has 0 spiro atoms. The van der Waals surface area contributed by atoms with E-state index in [1.807, 2.05) is 19.1 Å². The molecule has 0 unspecified atom stereocenters. The molecule has 1 fully saturated rings. The lowest BCUT2D eigenvalue weighted by Gasteiger charge is -2.34. The number of aromatic nitrogens is 3. The number of fused-ring (bicyclic) bond motifs is 1. The zero-order valence-corrected chi connectivity index (χ0v) is 14.8. The first-order valence-corrected chi connectivity index (χ1v) is 9.14. The van der Waals surface area contributed by atoms with E-state index >= 15 is 0 Å². The van der Waals surface area contributed by atoms with Crippen molar-refractivity contribution >= 4 is 32.5 Å². The Morgan fingerprint density at radius 1 is 1.16 bits per heavy atom. The molecule has 130 valence electrons. The fraction of sp³-hybridized carbons (Fsp3) is 0.353. The standard InChI is InChI=1S/C17H19N5O2S/c1-2-24-12-4-3-5-13-16(12)18-17(25-13)22-10-8-21(9-11-22)14-6-7-15(23)20-19-14/h3-7H,2,8-11H2,1H3,(H,20,23). The third-order valence-electron chi connectivity index (χ3n) is 4.21.